The Morgan fingerprint density at radius 1 is 1.08 bits per heavy atom. The van der Waals surface area contributed by atoms with Crippen molar-refractivity contribution in [1.29, 1.82) is 0 Å². The van der Waals surface area contributed by atoms with E-state index in [-0.39, 0.29) is 48.2 Å². The number of amides is 5. The summed E-state index contributed by atoms with van der Waals surface area (Å²) in [7, 11) is -2.47. The molecule has 2 heterocycles. The van der Waals surface area contributed by atoms with Gasteiger partial charge in [-0.15, -0.1) is 6.58 Å². The third-order valence-corrected chi connectivity index (χ3v) is 11.8. The summed E-state index contributed by atoms with van der Waals surface area (Å²) in [6.45, 7) is 20.6. The first kappa shape index (κ1) is 40.6. The lowest BCUT2D eigenvalue weighted by Gasteiger charge is -2.39. The first-order valence-electron chi connectivity index (χ1n) is 17.0. The highest BCUT2D eigenvalue weighted by molar-refractivity contribution is 7.89. The highest BCUT2D eigenvalue weighted by Gasteiger charge is 2.70. The summed E-state index contributed by atoms with van der Waals surface area (Å²) in [5.41, 5.74) is -1.60. The van der Waals surface area contributed by atoms with Gasteiger partial charge in [-0.05, 0) is 46.6 Å². The molecule has 1 saturated carbocycles. The maximum atomic E-state index is 14.4. The summed E-state index contributed by atoms with van der Waals surface area (Å²) in [6.07, 6.45) is 4.35. The monoisotopic (exact) mass is 717 g/mol. The Bertz CT molecular complexity index is 1570. The minimum absolute atomic E-state index is 0.0222. The molecule has 1 aliphatic carbocycles. The molecular weight excluding hydrogens is 662 g/mol. The summed E-state index contributed by atoms with van der Waals surface area (Å²) in [6, 6.07) is -1.42. The molecule has 278 valence electrons. The quantitative estimate of drug-likeness (QED) is 0.166. The molecule has 50 heavy (non-hydrogen) atoms. The number of pyridine rings is 1. The zero-order valence-electron chi connectivity index (χ0n) is 31.0. The van der Waals surface area contributed by atoms with Gasteiger partial charge in [-0.3, -0.25) is 24.2 Å². The molecule has 0 radical (unpaired) electrons. The average Bonchev–Trinajstić information content (AvgIpc) is 3.33. The molecule has 14 nitrogen and oxygen atoms in total. The van der Waals surface area contributed by atoms with Crippen molar-refractivity contribution in [1.82, 2.24) is 35.5 Å². The Morgan fingerprint density at radius 3 is 2.24 bits per heavy atom. The van der Waals surface area contributed by atoms with Crippen LogP contribution in [0.25, 0.3) is 0 Å². The van der Waals surface area contributed by atoms with Gasteiger partial charge in [0.15, 0.2) is 0 Å². The summed E-state index contributed by atoms with van der Waals surface area (Å²) in [5.74, 6) is -2.75. The number of ketones is 1. The lowest BCUT2D eigenvalue weighted by Crippen LogP contribution is -2.62. The van der Waals surface area contributed by atoms with E-state index < -0.39 is 74.6 Å². The van der Waals surface area contributed by atoms with E-state index >= 15 is 0 Å². The Kier molecular flexibility index (Phi) is 12.3. The fourth-order valence-electron chi connectivity index (χ4n) is 6.55. The molecule has 0 spiro atoms. The molecule has 2 fully saturated rings. The van der Waals surface area contributed by atoms with E-state index in [1.807, 2.05) is 34.6 Å². The second-order valence-electron chi connectivity index (χ2n) is 16.0. The van der Waals surface area contributed by atoms with Crippen LogP contribution in [0.1, 0.15) is 68.7 Å². The molecule has 3 rings (SSSR count). The van der Waals surface area contributed by atoms with Gasteiger partial charge in [0.2, 0.25) is 27.6 Å². The molecule has 1 unspecified atom stereocenters. The van der Waals surface area contributed by atoms with Crippen molar-refractivity contribution in [3.8, 4) is 0 Å². The number of urea groups is 1. The van der Waals surface area contributed by atoms with Crippen LogP contribution in [0, 0.1) is 28.1 Å². The van der Waals surface area contributed by atoms with Crippen molar-refractivity contribution in [2.24, 2.45) is 28.1 Å². The number of sulfonamides is 1. The van der Waals surface area contributed by atoms with Crippen LogP contribution in [0.3, 0.4) is 0 Å². The van der Waals surface area contributed by atoms with E-state index in [9.17, 15) is 32.4 Å². The molecule has 2 aliphatic rings. The van der Waals surface area contributed by atoms with Gasteiger partial charge in [0.1, 0.15) is 17.0 Å². The number of likely N-dealkylation sites (N-methyl/N-ethyl adjacent to an activating group) is 1. The maximum absolute atomic E-state index is 14.4. The van der Waals surface area contributed by atoms with E-state index in [0.29, 0.717) is 0 Å². The van der Waals surface area contributed by atoms with Gasteiger partial charge < -0.3 is 26.2 Å². The number of hydrogen-bond donors (Lipinski definition) is 4. The number of aromatic nitrogens is 1. The van der Waals surface area contributed by atoms with Crippen molar-refractivity contribution in [2.75, 3.05) is 26.7 Å². The van der Waals surface area contributed by atoms with Crippen molar-refractivity contribution in [3.05, 3.63) is 37.2 Å². The SMILES string of the molecule is C=CCNC(=O)C(=O)C(CC)NC(=O)[C@@H]1[C@@H]2[C@H](CN1C(=O)[C@@H](NC(=O)N[C@H](CN(C)S(=O)(=O)c1cccnc1)C(C)(C)C)C(C)(C)C)C2(C)C. The predicted octanol–water partition coefficient (Wildman–Crippen LogP) is 2.08. The summed E-state index contributed by atoms with van der Waals surface area (Å²) in [5, 5.41) is 10.9. The Balaban J connectivity index is 1.82. The molecule has 0 bridgehead atoms. The lowest BCUT2D eigenvalue weighted by molar-refractivity contribution is -0.145. The zero-order chi connectivity index (χ0) is 38.0. The second kappa shape index (κ2) is 15.2. The first-order chi connectivity index (χ1) is 23.0. The largest absolute Gasteiger partial charge is 0.346 e. The Morgan fingerprint density at radius 2 is 1.72 bits per heavy atom. The van der Waals surface area contributed by atoms with Crippen LogP contribution in [0.5, 0.6) is 0 Å². The third-order valence-electron chi connectivity index (χ3n) is 9.95. The van der Waals surface area contributed by atoms with Crippen molar-refractivity contribution in [3.63, 3.8) is 0 Å². The number of nitrogens with zero attached hydrogens (tertiary/aromatic N) is 3. The molecular formula is C35H55N7O7S. The van der Waals surface area contributed by atoms with Crippen LogP contribution in [0.4, 0.5) is 4.79 Å². The highest BCUT2D eigenvalue weighted by Crippen LogP contribution is 2.65. The van der Waals surface area contributed by atoms with Crippen LogP contribution in [-0.2, 0) is 29.2 Å². The topological polar surface area (TPSA) is 187 Å². The molecule has 1 aliphatic heterocycles. The van der Waals surface area contributed by atoms with Gasteiger partial charge in [-0.25, -0.2) is 13.2 Å². The summed E-state index contributed by atoms with van der Waals surface area (Å²) < 4.78 is 27.6. The summed E-state index contributed by atoms with van der Waals surface area (Å²) in [4.78, 5) is 72.5. The van der Waals surface area contributed by atoms with Crippen LogP contribution >= 0.6 is 0 Å². The predicted molar refractivity (Wildman–Crippen MR) is 189 cm³/mol. The molecule has 1 aromatic rings. The number of carbonyl (C=O) groups is 5. The van der Waals surface area contributed by atoms with Crippen LogP contribution in [0.2, 0.25) is 0 Å². The van der Waals surface area contributed by atoms with Gasteiger partial charge in [-0.2, -0.15) is 4.31 Å². The van der Waals surface area contributed by atoms with Gasteiger partial charge >= 0.3 is 6.03 Å². The number of hydrogen-bond acceptors (Lipinski definition) is 8. The van der Waals surface area contributed by atoms with Gasteiger partial charge in [-0.1, -0.05) is 68.4 Å². The van der Waals surface area contributed by atoms with Crippen molar-refractivity contribution < 1.29 is 32.4 Å². The fourth-order valence-corrected chi connectivity index (χ4v) is 7.70. The maximum Gasteiger partial charge on any atom is 0.315 e. The molecule has 0 aromatic carbocycles. The fraction of sp³-hybridized carbons (Fsp3) is 0.657. The second-order valence-corrected chi connectivity index (χ2v) is 18.1. The number of fused-ring (bicyclic) bond motifs is 1. The first-order valence-corrected chi connectivity index (χ1v) is 18.4. The lowest BCUT2D eigenvalue weighted by atomic mass is 9.85. The molecule has 15 heteroatoms. The number of carbonyl (C=O) groups excluding carboxylic acids is 5. The highest BCUT2D eigenvalue weighted by atomic mass is 32.2. The minimum Gasteiger partial charge on any atom is -0.346 e. The van der Waals surface area contributed by atoms with E-state index in [1.165, 1.54) is 42.6 Å². The molecule has 1 saturated heterocycles. The van der Waals surface area contributed by atoms with E-state index in [1.54, 1.807) is 27.7 Å². The van der Waals surface area contributed by atoms with Crippen LogP contribution in [-0.4, -0.2) is 103 Å². The number of piperidine rings is 1. The van der Waals surface area contributed by atoms with Gasteiger partial charge in [0, 0.05) is 45.1 Å². The van der Waals surface area contributed by atoms with E-state index in [2.05, 4.69) is 32.8 Å². The van der Waals surface area contributed by atoms with Gasteiger partial charge in [0.25, 0.3) is 5.91 Å². The smallest absolute Gasteiger partial charge is 0.315 e. The standard InChI is InChI=1S/C35H55N7O7S/c1-12-16-37-30(45)27(43)23(13-2)38-29(44)26-25-22(35(25,9)10)19-42(26)31(46)28(34(6,7)8)40-32(47)39-24(33(3,4)5)20-41(11)50(48,49)21-15-14-17-36-18-21/h12,14-15,17-18,22-26,28H,1,13,16,19-20H2,2-11H3,(H,37,45)(H,38,44)(H2,39,40,47)/t22-,23?,24+,25-,26-,28+/m0/s1. The number of nitrogens with one attached hydrogen (secondary N) is 4. The summed E-state index contributed by atoms with van der Waals surface area (Å²) >= 11 is 0. The minimum atomic E-state index is -3.90. The molecule has 1 aromatic heterocycles. The van der Waals surface area contributed by atoms with Crippen molar-refractivity contribution >= 4 is 39.6 Å². The zero-order valence-corrected chi connectivity index (χ0v) is 31.8. The number of likely N-dealkylation sites (tertiary alicyclic amines) is 1. The molecule has 5 amide bonds. The van der Waals surface area contributed by atoms with Gasteiger partial charge in [0.05, 0.1) is 6.04 Å². The van der Waals surface area contributed by atoms with E-state index in [0.717, 1.165) is 4.31 Å². The molecule has 4 N–H and O–H groups in total. The Labute approximate surface area is 296 Å². The van der Waals surface area contributed by atoms with Crippen LogP contribution < -0.4 is 21.3 Å². The Hall–Kier alpha value is -3.85. The normalized spacial score (nSPS) is 21.7. The third kappa shape index (κ3) is 8.89. The van der Waals surface area contributed by atoms with Crippen LogP contribution in [0.15, 0.2) is 42.1 Å². The molecule has 6 atom stereocenters. The average molecular weight is 718 g/mol. The van der Waals surface area contributed by atoms with Crippen molar-refractivity contribution in [2.45, 2.75) is 97.8 Å². The number of Topliss-reactive ketones (excluding diaryl/α,β-unsaturated/α-hetero) is 1. The van der Waals surface area contributed by atoms with E-state index in [4.69, 9.17) is 0 Å². The number of rotatable bonds is 14.